The number of hydrogen-bond acceptors (Lipinski definition) is 5. The van der Waals surface area contributed by atoms with Crippen LogP contribution in [0.1, 0.15) is 55.3 Å². The number of amides is 2. The van der Waals surface area contributed by atoms with E-state index in [1.807, 2.05) is 0 Å². The lowest BCUT2D eigenvalue weighted by molar-refractivity contribution is -0.149. The van der Waals surface area contributed by atoms with E-state index in [2.05, 4.69) is 0 Å². The Kier molecular flexibility index (Phi) is 5.79. The molecule has 1 heterocycles. The second-order valence-corrected chi connectivity index (χ2v) is 10.4. The first-order valence-electron chi connectivity index (χ1n) is 11.4. The van der Waals surface area contributed by atoms with Crippen molar-refractivity contribution in [3.05, 3.63) is 33.8 Å². The third-order valence-corrected chi connectivity index (χ3v) is 8.48. The first-order valence-corrected chi connectivity index (χ1v) is 12.1. The molecule has 0 spiro atoms. The summed E-state index contributed by atoms with van der Waals surface area (Å²) < 4.78 is 5.26. The number of esters is 1. The van der Waals surface area contributed by atoms with E-state index in [1.165, 1.54) is 17.0 Å². The molecule has 170 valence electrons. The smallest absolute Gasteiger partial charge is 0.309 e. The zero-order valence-corrected chi connectivity index (χ0v) is 19.1. The van der Waals surface area contributed by atoms with E-state index in [1.54, 1.807) is 6.07 Å². The molecule has 8 heteroatoms. The van der Waals surface area contributed by atoms with Crippen LogP contribution >= 0.6 is 23.2 Å². The predicted molar refractivity (Wildman–Crippen MR) is 117 cm³/mol. The fourth-order valence-corrected chi connectivity index (χ4v) is 6.92. The third kappa shape index (κ3) is 3.65. The monoisotopic (exact) mass is 477 g/mol. The van der Waals surface area contributed by atoms with Gasteiger partial charge in [0.05, 0.1) is 22.8 Å². The number of carbonyl (C=O) groups excluding carboxylic acids is 4. The van der Waals surface area contributed by atoms with Gasteiger partial charge in [-0.3, -0.25) is 24.1 Å². The number of ether oxygens (including phenoxy) is 1. The number of fused-ring (bicyclic) bond motifs is 5. The SMILES string of the molecule is O=C(COC(=O)C1CCC(N2C(=O)[C@H]3[C@H]4CC[C@@H](C4)[C@@H]3C2=O)CC1)c1ccc(Cl)cc1Cl. The summed E-state index contributed by atoms with van der Waals surface area (Å²) in [6.45, 7) is -0.380. The topological polar surface area (TPSA) is 80.8 Å². The molecule has 0 aromatic heterocycles. The van der Waals surface area contributed by atoms with Crippen LogP contribution in [0.15, 0.2) is 18.2 Å². The molecule has 4 atom stereocenters. The predicted octanol–water partition coefficient (Wildman–Crippen LogP) is 4.31. The van der Waals surface area contributed by atoms with E-state index in [0.29, 0.717) is 42.5 Å². The molecule has 0 N–H and O–H groups in total. The van der Waals surface area contributed by atoms with Crippen LogP contribution in [-0.2, 0) is 19.1 Å². The van der Waals surface area contributed by atoms with Crippen molar-refractivity contribution in [1.82, 2.24) is 4.90 Å². The molecular formula is C24H25Cl2NO5. The molecule has 6 nitrogen and oxygen atoms in total. The molecule has 4 fully saturated rings. The maximum Gasteiger partial charge on any atom is 0.309 e. The highest BCUT2D eigenvalue weighted by Gasteiger charge is 2.61. The number of imide groups is 1. The van der Waals surface area contributed by atoms with Crippen molar-refractivity contribution >= 4 is 46.8 Å². The fourth-order valence-electron chi connectivity index (χ4n) is 6.41. The Labute approximate surface area is 196 Å². The molecule has 3 saturated carbocycles. The molecule has 4 aliphatic rings. The number of carbonyl (C=O) groups is 4. The first kappa shape index (κ1) is 21.9. The molecule has 0 radical (unpaired) electrons. The number of nitrogens with zero attached hydrogens (tertiary/aromatic N) is 1. The van der Waals surface area contributed by atoms with Crippen molar-refractivity contribution < 1.29 is 23.9 Å². The van der Waals surface area contributed by atoms with Gasteiger partial charge < -0.3 is 4.74 Å². The Balaban J connectivity index is 1.14. The number of rotatable bonds is 5. The second-order valence-electron chi connectivity index (χ2n) is 9.59. The Hall–Kier alpha value is -1.92. The fraction of sp³-hybridized carbons (Fsp3) is 0.583. The number of ketones is 1. The lowest BCUT2D eigenvalue weighted by Gasteiger charge is -2.33. The number of halogens is 2. The van der Waals surface area contributed by atoms with Gasteiger partial charge in [0.1, 0.15) is 0 Å². The zero-order chi connectivity index (χ0) is 22.6. The second kappa shape index (κ2) is 8.45. The van der Waals surface area contributed by atoms with Crippen LogP contribution in [-0.4, -0.2) is 41.1 Å². The van der Waals surface area contributed by atoms with E-state index in [-0.39, 0.29) is 58.6 Å². The van der Waals surface area contributed by atoms with Gasteiger partial charge in [0, 0.05) is 16.6 Å². The quantitative estimate of drug-likeness (QED) is 0.358. The highest BCUT2D eigenvalue weighted by molar-refractivity contribution is 6.36. The maximum absolute atomic E-state index is 13.0. The van der Waals surface area contributed by atoms with Gasteiger partial charge in [-0.15, -0.1) is 0 Å². The Morgan fingerprint density at radius 1 is 0.938 bits per heavy atom. The molecule has 1 saturated heterocycles. The van der Waals surface area contributed by atoms with Crippen LogP contribution in [0.4, 0.5) is 0 Å². The zero-order valence-electron chi connectivity index (χ0n) is 17.6. The molecular weight excluding hydrogens is 453 g/mol. The van der Waals surface area contributed by atoms with Crippen LogP contribution < -0.4 is 0 Å². The normalized spacial score (nSPS) is 33.5. The number of hydrogen-bond donors (Lipinski definition) is 0. The summed E-state index contributed by atoms with van der Waals surface area (Å²) in [6, 6.07) is 4.42. The number of benzene rings is 1. The van der Waals surface area contributed by atoms with E-state index < -0.39 is 5.97 Å². The van der Waals surface area contributed by atoms with Gasteiger partial charge in [0.25, 0.3) is 0 Å². The molecule has 2 amide bonds. The summed E-state index contributed by atoms with van der Waals surface area (Å²) in [6.07, 6.45) is 5.44. The molecule has 0 unspecified atom stereocenters. The van der Waals surface area contributed by atoms with Gasteiger partial charge in [-0.2, -0.15) is 0 Å². The Morgan fingerprint density at radius 2 is 1.56 bits per heavy atom. The van der Waals surface area contributed by atoms with Crippen molar-refractivity contribution in [2.45, 2.75) is 51.0 Å². The van der Waals surface area contributed by atoms with Crippen LogP contribution in [0.25, 0.3) is 0 Å². The minimum absolute atomic E-state index is 0.0173. The molecule has 3 aliphatic carbocycles. The number of likely N-dealkylation sites (tertiary alicyclic amines) is 1. The molecule has 1 aromatic rings. The van der Waals surface area contributed by atoms with Gasteiger partial charge in [-0.25, -0.2) is 0 Å². The molecule has 1 aromatic carbocycles. The highest BCUT2D eigenvalue weighted by Crippen LogP contribution is 2.56. The van der Waals surface area contributed by atoms with Crippen molar-refractivity contribution in [3.8, 4) is 0 Å². The van der Waals surface area contributed by atoms with E-state index in [4.69, 9.17) is 27.9 Å². The summed E-state index contributed by atoms with van der Waals surface area (Å²) >= 11 is 11.9. The third-order valence-electron chi connectivity index (χ3n) is 7.93. The van der Waals surface area contributed by atoms with Gasteiger partial charge >= 0.3 is 5.97 Å². The minimum Gasteiger partial charge on any atom is -0.457 e. The summed E-state index contributed by atoms with van der Waals surface area (Å²) in [5, 5.41) is 0.642. The van der Waals surface area contributed by atoms with Crippen molar-refractivity contribution in [2.75, 3.05) is 6.61 Å². The standard InChI is InChI=1S/C24H25Cl2NO5/c25-15-5-8-17(18(26)10-15)19(28)11-32-24(31)12-3-6-16(7-4-12)27-22(29)20-13-1-2-14(9-13)21(20)23(27)30/h5,8,10,12-14,16,20-21H,1-4,6-7,9,11H2/t12?,13-,14-,16?,20-,21-/m0/s1. The van der Waals surface area contributed by atoms with Crippen molar-refractivity contribution in [2.24, 2.45) is 29.6 Å². The maximum atomic E-state index is 13.0. The van der Waals surface area contributed by atoms with Crippen molar-refractivity contribution in [3.63, 3.8) is 0 Å². The Bertz CT molecular complexity index is 959. The highest BCUT2D eigenvalue weighted by atomic mass is 35.5. The van der Waals surface area contributed by atoms with E-state index >= 15 is 0 Å². The van der Waals surface area contributed by atoms with E-state index in [9.17, 15) is 19.2 Å². The first-order chi connectivity index (χ1) is 15.3. The molecule has 2 bridgehead atoms. The van der Waals surface area contributed by atoms with Crippen LogP contribution in [0.5, 0.6) is 0 Å². The average Bonchev–Trinajstić information content (AvgIpc) is 3.46. The largest absolute Gasteiger partial charge is 0.457 e. The number of Topliss-reactive ketones (excluding diaryl/α,β-unsaturated/α-hetero) is 1. The van der Waals surface area contributed by atoms with Gasteiger partial charge in [0.2, 0.25) is 17.6 Å². The van der Waals surface area contributed by atoms with Gasteiger partial charge in [0.15, 0.2) is 6.61 Å². The van der Waals surface area contributed by atoms with Crippen LogP contribution in [0, 0.1) is 29.6 Å². The molecule has 5 rings (SSSR count). The molecule has 32 heavy (non-hydrogen) atoms. The van der Waals surface area contributed by atoms with Gasteiger partial charge in [-0.05, 0) is 75.0 Å². The van der Waals surface area contributed by atoms with E-state index in [0.717, 1.165) is 19.3 Å². The summed E-state index contributed by atoms with van der Waals surface area (Å²) in [5.41, 5.74) is 0.262. The summed E-state index contributed by atoms with van der Waals surface area (Å²) in [5.74, 6) is -0.548. The summed E-state index contributed by atoms with van der Waals surface area (Å²) in [4.78, 5) is 52.4. The van der Waals surface area contributed by atoms with Crippen LogP contribution in [0.2, 0.25) is 10.0 Å². The summed E-state index contributed by atoms with van der Waals surface area (Å²) in [7, 11) is 0. The average molecular weight is 478 g/mol. The van der Waals surface area contributed by atoms with Crippen molar-refractivity contribution in [1.29, 1.82) is 0 Å². The lowest BCUT2D eigenvalue weighted by atomic mass is 9.81. The van der Waals surface area contributed by atoms with Crippen LogP contribution in [0.3, 0.4) is 0 Å². The minimum atomic E-state index is -0.420. The Morgan fingerprint density at radius 3 is 2.16 bits per heavy atom. The van der Waals surface area contributed by atoms with Gasteiger partial charge in [-0.1, -0.05) is 23.2 Å². The molecule has 1 aliphatic heterocycles. The lowest BCUT2D eigenvalue weighted by Crippen LogP contribution is -2.44.